The number of benzene rings is 1. The summed E-state index contributed by atoms with van der Waals surface area (Å²) in [4.78, 5) is 11.5. The Hall–Kier alpha value is -1.16. The monoisotopic (exact) mass is 282 g/mol. The molecule has 0 aromatic heterocycles. The third-order valence-corrected chi connectivity index (χ3v) is 4.26. The molecule has 19 heavy (non-hydrogen) atoms. The summed E-state index contributed by atoms with van der Waals surface area (Å²) in [6, 6.07) is 6.17. The van der Waals surface area contributed by atoms with E-state index in [9.17, 15) is 9.00 Å². The average molecular weight is 282 g/mol. The molecule has 0 spiro atoms. The lowest BCUT2D eigenvalue weighted by Gasteiger charge is -2.10. The standard InChI is InChI=1S/C15H22O3S/c1-5-18-15(16)13(4)9-19(17)10-14-7-11(2)6-12(3)8-14/h6-8,13H,5,9-10H2,1-4H3. The van der Waals surface area contributed by atoms with Gasteiger partial charge in [0.05, 0.1) is 12.5 Å². The predicted octanol–water partition coefficient (Wildman–Crippen LogP) is 2.75. The molecular formula is C15H22O3S. The Kier molecular flexibility index (Phi) is 6.22. The van der Waals surface area contributed by atoms with Crippen LogP contribution < -0.4 is 0 Å². The maximum atomic E-state index is 12.1. The summed E-state index contributed by atoms with van der Waals surface area (Å²) in [6.07, 6.45) is 0. The number of ether oxygens (including phenoxy) is 1. The van der Waals surface area contributed by atoms with Crippen LogP contribution in [-0.4, -0.2) is 22.5 Å². The van der Waals surface area contributed by atoms with Crippen LogP contribution in [0.15, 0.2) is 18.2 Å². The number of carbonyl (C=O) groups excluding carboxylic acids is 1. The highest BCUT2D eigenvalue weighted by molar-refractivity contribution is 7.84. The first-order chi connectivity index (χ1) is 8.92. The zero-order valence-electron chi connectivity index (χ0n) is 12.1. The maximum Gasteiger partial charge on any atom is 0.309 e. The minimum Gasteiger partial charge on any atom is -0.466 e. The first kappa shape index (κ1) is 15.9. The quantitative estimate of drug-likeness (QED) is 0.754. The largest absolute Gasteiger partial charge is 0.466 e. The number of aryl methyl sites for hydroxylation is 2. The second-order valence-corrected chi connectivity index (χ2v) is 6.40. The van der Waals surface area contributed by atoms with Crippen molar-refractivity contribution in [2.45, 2.75) is 33.4 Å². The summed E-state index contributed by atoms with van der Waals surface area (Å²) < 4.78 is 17.0. The molecule has 0 radical (unpaired) electrons. The molecule has 0 bridgehead atoms. The topological polar surface area (TPSA) is 43.4 Å². The molecule has 4 heteroatoms. The van der Waals surface area contributed by atoms with Gasteiger partial charge in [0.15, 0.2) is 0 Å². The molecule has 1 aromatic carbocycles. The highest BCUT2D eigenvalue weighted by Gasteiger charge is 2.17. The van der Waals surface area contributed by atoms with Gasteiger partial charge in [-0.25, -0.2) is 0 Å². The van der Waals surface area contributed by atoms with Gasteiger partial charge in [-0.2, -0.15) is 0 Å². The molecule has 1 rings (SSSR count). The summed E-state index contributed by atoms with van der Waals surface area (Å²) >= 11 is 0. The van der Waals surface area contributed by atoms with Crippen LogP contribution >= 0.6 is 0 Å². The molecular weight excluding hydrogens is 260 g/mol. The second kappa shape index (κ2) is 7.43. The van der Waals surface area contributed by atoms with E-state index in [0.29, 0.717) is 18.1 Å². The van der Waals surface area contributed by atoms with Gasteiger partial charge in [0, 0.05) is 22.3 Å². The van der Waals surface area contributed by atoms with Gasteiger partial charge >= 0.3 is 5.97 Å². The van der Waals surface area contributed by atoms with E-state index in [2.05, 4.69) is 6.07 Å². The predicted molar refractivity (Wildman–Crippen MR) is 78.4 cm³/mol. The zero-order valence-corrected chi connectivity index (χ0v) is 12.9. The molecule has 0 saturated carbocycles. The van der Waals surface area contributed by atoms with Crippen molar-refractivity contribution >= 4 is 16.8 Å². The first-order valence-electron chi connectivity index (χ1n) is 6.51. The molecule has 1 aromatic rings. The fraction of sp³-hybridized carbons (Fsp3) is 0.533. The van der Waals surface area contributed by atoms with Crippen molar-refractivity contribution < 1.29 is 13.7 Å². The number of esters is 1. The van der Waals surface area contributed by atoms with Crippen LogP contribution in [0.2, 0.25) is 0 Å². The van der Waals surface area contributed by atoms with Crippen molar-refractivity contribution in [1.29, 1.82) is 0 Å². The highest BCUT2D eigenvalue weighted by Crippen LogP contribution is 2.12. The average Bonchev–Trinajstić information content (AvgIpc) is 2.27. The van der Waals surface area contributed by atoms with Crippen molar-refractivity contribution in [2.75, 3.05) is 12.4 Å². The fourth-order valence-electron chi connectivity index (χ4n) is 2.03. The Morgan fingerprint density at radius 2 is 1.84 bits per heavy atom. The number of carbonyl (C=O) groups is 1. The molecule has 0 saturated heterocycles. The Bertz CT molecular complexity index is 448. The Balaban J connectivity index is 2.57. The zero-order chi connectivity index (χ0) is 14.4. The third-order valence-electron chi connectivity index (χ3n) is 2.73. The van der Waals surface area contributed by atoms with E-state index in [1.54, 1.807) is 13.8 Å². The Morgan fingerprint density at radius 3 is 2.37 bits per heavy atom. The van der Waals surface area contributed by atoms with Crippen LogP contribution in [0, 0.1) is 19.8 Å². The highest BCUT2D eigenvalue weighted by atomic mass is 32.2. The van der Waals surface area contributed by atoms with E-state index in [0.717, 1.165) is 5.56 Å². The van der Waals surface area contributed by atoms with Crippen LogP contribution in [0.25, 0.3) is 0 Å². The summed E-state index contributed by atoms with van der Waals surface area (Å²) in [5.74, 6) is 0.265. The molecule has 0 amide bonds. The molecule has 0 fully saturated rings. The van der Waals surface area contributed by atoms with Crippen LogP contribution in [-0.2, 0) is 26.1 Å². The summed E-state index contributed by atoms with van der Waals surface area (Å²) in [7, 11) is -1.04. The van der Waals surface area contributed by atoms with Crippen molar-refractivity contribution in [3.63, 3.8) is 0 Å². The van der Waals surface area contributed by atoms with Crippen molar-refractivity contribution in [1.82, 2.24) is 0 Å². The molecule has 0 aliphatic carbocycles. The van der Waals surface area contributed by atoms with Crippen molar-refractivity contribution in [3.05, 3.63) is 34.9 Å². The van der Waals surface area contributed by atoms with E-state index in [1.807, 2.05) is 26.0 Å². The molecule has 0 aliphatic rings. The lowest BCUT2D eigenvalue weighted by molar-refractivity contribution is -0.146. The van der Waals surface area contributed by atoms with Gasteiger partial charge < -0.3 is 4.74 Å². The fourth-order valence-corrected chi connectivity index (χ4v) is 3.38. The van der Waals surface area contributed by atoms with Crippen molar-refractivity contribution in [3.8, 4) is 0 Å². The molecule has 0 N–H and O–H groups in total. The van der Waals surface area contributed by atoms with Gasteiger partial charge in [-0.3, -0.25) is 9.00 Å². The first-order valence-corrected chi connectivity index (χ1v) is 8.00. The van der Waals surface area contributed by atoms with E-state index < -0.39 is 10.8 Å². The lowest BCUT2D eigenvalue weighted by atomic mass is 10.1. The van der Waals surface area contributed by atoms with E-state index >= 15 is 0 Å². The van der Waals surface area contributed by atoms with Crippen LogP contribution in [0.3, 0.4) is 0 Å². The third kappa shape index (κ3) is 5.55. The molecule has 2 unspecified atom stereocenters. The van der Waals surface area contributed by atoms with Gasteiger partial charge in [0.1, 0.15) is 0 Å². The minimum atomic E-state index is -1.04. The van der Waals surface area contributed by atoms with Crippen LogP contribution in [0.5, 0.6) is 0 Å². The molecule has 0 heterocycles. The van der Waals surface area contributed by atoms with Gasteiger partial charge in [-0.1, -0.05) is 36.2 Å². The smallest absolute Gasteiger partial charge is 0.309 e. The normalized spacial score (nSPS) is 13.9. The van der Waals surface area contributed by atoms with Gasteiger partial charge in [0.25, 0.3) is 0 Å². The summed E-state index contributed by atoms with van der Waals surface area (Å²) in [6.45, 7) is 7.96. The summed E-state index contributed by atoms with van der Waals surface area (Å²) in [5, 5.41) is 0. The molecule has 2 atom stereocenters. The SMILES string of the molecule is CCOC(=O)C(C)CS(=O)Cc1cc(C)cc(C)c1. The van der Waals surface area contributed by atoms with E-state index in [1.165, 1.54) is 11.1 Å². The van der Waals surface area contributed by atoms with Gasteiger partial charge in [-0.05, 0) is 26.3 Å². The van der Waals surface area contributed by atoms with Gasteiger partial charge in [-0.15, -0.1) is 0 Å². The Morgan fingerprint density at radius 1 is 1.26 bits per heavy atom. The van der Waals surface area contributed by atoms with Crippen molar-refractivity contribution in [2.24, 2.45) is 5.92 Å². The second-order valence-electron chi connectivity index (χ2n) is 4.90. The van der Waals surface area contributed by atoms with E-state index in [4.69, 9.17) is 4.74 Å². The maximum absolute atomic E-state index is 12.1. The van der Waals surface area contributed by atoms with Crippen LogP contribution in [0.4, 0.5) is 0 Å². The minimum absolute atomic E-state index is 0.267. The number of rotatable bonds is 6. The molecule has 3 nitrogen and oxygen atoms in total. The lowest BCUT2D eigenvalue weighted by Crippen LogP contribution is -2.21. The van der Waals surface area contributed by atoms with Crippen LogP contribution in [0.1, 0.15) is 30.5 Å². The summed E-state index contributed by atoms with van der Waals surface area (Å²) in [5.41, 5.74) is 3.41. The number of hydrogen-bond acceptors (Lipinski definition) is 3. The van der Waals surface area contributed by atoms with E-state index in [-0.39, 0.29) is 11.9 Å². The molecule has 0 aliphatic heterocycles. The molecule has 106 valence electrons. The Labute approximate surface area is 117 Å². The number of hydrogen-bond donors (Lipinski definition) is 0. The van der Waals surface area contributed by atoms with Gasteiger partial charge in [0.2, 0.25) is 0 Å².